The van der Waals surface area contributed by atoms with E-state index in [9.17, 15) is 19.2 Å². The van der Waals surface area contributed by atoms with Crippen LogP contribution in [-0.2, 0) is 27.9 Å². The number of fused-ring (bicyclic) bond motifs is 1. The Balaban J connectivity index is 2.34. The minimum absolute atomic E-state index is 0.208. The van der Waals surface area contributed by atoms with Crippen LogP contribution in [0.2, 0.25) is 0 Å². The quantitative estimate of drug-likeness (QED) is 0.481. The van der Waals surface area contributed by atoms with Gasteiger partial charge in [-0.3, -0.25) is 13.9 Å². The van der Waals surface area contributed by atoms with Gasteiger partial charge < -0.3 is 14.9 Å². The molecule has 1 aromatic heterocycles. The molecule has 0 aliphatic carbocycles. The predicted molar refractivity (Wildman–Crippen MR) is 104 cm³/mol. The van der Waals surface area contributed by atoms with Crippen molar-refractivity contribution < 1.29 is 14.4 Å². The minimum atomic E-state index is -0.717. The van der Waals surface area contributed by atoms with E-state index in [-0.39, 0.29) is 24.4 Å². The number of aryl methyl sites for hydroxylation is 2. The number of amides is 1. The van der Waals surface area contributed by atoms with Crippen molar-refractivity contribution in [1.29, 1.82) is 0 Å². The zero-order valence-corrected chi connectivity index (χ0v) is 15.9. The van der Waals surface area contributed by atoms with E-state index in [1.165, 1.54) is 11.6 Å². The highest BCUT2D eigenvalue weighted by atomic mass is 16.2. The summed E-state index contributed by atoms with van der Waals surface area (Å²) < 4.78 is 3.02. The Morgan fingerprint density at radius 3 is 2.52 bits per heavy atom. The molecule has 1 atom stereocenters. The summed E-state index contributed by atoms with van der Waals surface area (Å²) in [4.78, 5) is 46.2. The smallest absolute Gasteiger partial charge is 0.329 e. The lowest BCUT2D eigenvalue weighted by Crippen LogP contribution is -2.36. The fourth-order valence-corrected chi connectivity index (χ4v) is 3.37. The molecule has 7 heteroatoms. The topological polar surface area (TPSA) is 90.2 Å². The molecule has 0 bridgehead atoms. The van der Waals surface area contributed by atoms with Crippen molar-refractivity contribution >= 4 is 29.5 Å². The van der Waals surface area contributed by atoms with Crippen LogP contribution in [0, 0.1) is 0 Å². The Hall–Kier alpha value is -2.70. The fraction of sp³-hybridized carbons (Fsp3) is 0.500. The normalized spacial score (nSPS) is 12.1. The lowest BCUT2D eigenvalue weighted by molar-refractivity contribution is -0.124. The van der Waals surface area contributed by atoms with Gasteiger partial charge in [-0.1, -0.05) is 12.5 Å². The SMILES string of the molecule is CNC(=O)C(CCC=O)n1c(=O)n(C)c2cc(CCCCCC=O)ccc21. The van der Waals surface area contributed by atoms with E-state index >= 15 is 0 Å². The lowest BCUT2D eigenvalue weighted by Gasteiger charge is -2.16. The number of nitrogens with one attached hydrogen (secondary N) is 1. The van der Waals surface area contributed by atoms with Gasteiger partial charge in [-0.05, 0) is 43.4 Å². The van der Waals surface area contributed by atoms with Crippen molar-refractivity contribution in [3.63, 3.8) is 0 Å². The van der Waals surface area contributed by atoms with E-state index in [2.05, 4.69) is 5.32 Å². The number of hydrogen-bond donors (Lipinski definition) is 1. The van der Waals surface area contributed by atoms with E-state index in [1.807, 2.05) is 18.2 Å². The van der Waals surface area contributed by atoms with Crippen LogP contribution in [0.1, 0.15) is 50.1 Å². The second-order valence-corrected chi connectivity index (χ2v) is 6.67. The van der Waals surface area contributed by atoms with Gasteiger partial charge in [0, 0.05) is 26.9 Å². The number of nitrogens with zero attached hydrogens (tertiary/aromatic N) is 2. The van der Waals surface area contributed by atoms with Gasteiger partial charge in [0.1, 0.15) is 18.6 Å². The third-order valence-electron chi connectivity index (χ3n) is 4.86. The maximum absolute atomic E-state index is 12.8. The zero-order valence-electron chi connectivity index (χ0n) is 15.9. The molecular weight excluding hydrogens is 346 g/mol. The van der Waals surface area contributed by atoms with E-state index in [1.54, 1.807) is 11.6 Å². The summed E-state index contributed by atoms with van der Waals surface area (Å²) in [6.45, 7) is 0. The molecule has 1 N–H and O–H groups in total. The number of imidazole rings is 1. The monoisotopic (exact) mass is 373 g/mol. The average molecular weight is 373 g/mol. The number of hydrogen-bond acceptors (Lipinski definition) is 4. The molecule has 1 aromatic carbocycles. The number of benzene rings is 1. The maximum Gasteiger partial charge on any atom is 0.329 e. The third-order valence-corrected chi connectivity index (χ3v) is 4.86. The fourth-order valence-electron chi connectivity index (χ4n) is 3.37. The largest absolute Gasteiger partial charge is 0.357 e. The Bertz CT molecular complexity index is 866. The van der Waals surface area contributed by atoms with Crippen molar-refractivity contribution in [3.8, 4) is 0 Å². The molecule has 0 spiro atoms. The van der Waals surface area contributed by atoms with E-state index in [0.29, 0.717) is 11.9 Å². The Kier molecular flexibility index (Phi) is 7.52. The van der Waals surface area contributed by atoms with Crippen LogP contribution in [0.15, 0.2) is 23.0 Å². The number of rotatable bonds is 11. The van der Waals surface area contributed by atoms with Crippen molar-refractivity contribution in [2.75, 3.05) is 7.05 Å². The summed E-state index contributed by atoms with van der Waals surface area (Å²) >= 11 is 0. The number of aldehydes is 2. The Morgan fingerprint density at radius 2 is 1.85 bits per heavy atom. The summed E-state index contributed by atoms with van der Waals surface area (Å²) in [7, 11) is 3.21. The number of likely N-dealkylation sites (N-methyl/N-ethyl adjacent to an activating group) is 1. The molecule has 146 valence electrons. The van der Waals surface area contributed by atoms with Crippen LogP contribution in [0.4, 0.5) is 0 Å². The van der Waals surface area contributed by atoms with Crippen molar-refractivity contribution in [2.24, 2.45) is 7.05 Å². The second kappa shape index (κ2) is 9.85. The van der Waals surface area contributed by atoms with Crippen molar-refractivity contribution in [1.82, 2.24) is 14.5 Å². The highest BCUT2D eigenvalue weighted by Crippen LogP contribution is 2.22. The standard InChI is InChI=1S/C20H27N3O4/c1-21-19(26)17(9-7-13-25)23-16-11-10-15(8-5-3-4-6-12-24)14-18(16)22(2)20(23)27/h10-14,17H,3-9H2,1-2H3,(H,21,26). The van der Waals surface area contributed by atoms with Gasteiger partial charge in [0.05, 0.1) is 11.0 Å². The summed E-state index contributed by atoms with van der Waals surface area (Å²) in [6.07, 6.45) is 6.52. The van der Waals surface area contributed by atoms with E-state index < -0.39 is 6.04 Å². The summed E-state index contributed by atoms with van der Waals surface area (Å²) in [5, 5.41) is 2.58. The maximum atomic E-state index is 12.8. The molecule has 0 aliphatic rings. The highest BCUT2D eigenvalue weighted by Gasteiger charge is 2.24. The Labute approximate surface area is 158 Å². The van der Waals surface area contributed by atoms with Gasteiger partial charge in [-0.15, -0.1) is 0 Å². The van der Waals surface area contributed by atoms with Crippen LogP contribution in [-0.4, -0.2) is 34.7 Å². The third kappa shape index (κ3) is 4.72. The summed E-state index contributed by atoms with van der Waals surface area (Å²) in [6, 6.07) is 5.10. The van der Waals surface area contributed by atoms with E-state index in [0.717, 1.165) is 49.3 Å². The van der Waals surface area contributed by atoms with Crippen molar-refractivity contribution in [3.05, 3.63) is 34.2 Å². The van der Waals surface area contributed by atoms with Gasteiger partial charge in [0.2, 0.25) is 5.91 Å². The predicted octanol–water partition coefficient (Wildman–Crippen LogP) is 1.91. The molecule has 27 heavy (non-hydrogen) atoms. The molecule has 0 fully saturated rings. The van der Waals surface area contributed by atoms with Crippen LogP contribution in [0.5, 0.6) is 0 Å². The van der Waals surface area contributed by atoms with Crippen LogP contribution in [0.3, 0.4) is 0 Å². The summed E-state index contributed by atoms with van der Waals surface area (Å²) in [5.41, 5.74) is 2.30. The number of carbonyl (C=O) groups excluding carboxylic acids is 3. The lowest BCUT2D eigenvalue weighted by atomic mass is 10.1. The number of unbranched alkanes of at least 4 members (excludes halogenated alkanes) is 3. The van der Waals surface area contributed by atoms with Gasteiger partial charge >= 0.3 is 5.69 Å². The molecule has 1 heterocycles. The first-order valence-electron chi connectivity index (χ1n) is 9.33. The van der Waals surface area contributed by atoms with E-state index in [4.69, 9.17) is 0 Å². The van der Waals surface area contributed by atoms with Gasteiger partial charge in [0.15, 0.2) is 0 Å². The van der Waals surface area contributed by atoms with Crippen molar-refractivity contribution in [2.45, 2.75) is 51.0 Å². The molecule has 0 saturated heterocycles. The summed E-state index contributed by atoms with van der Waals surface area (Å²) in [5.74, 6) is -0.286. The molecule has 2 rings (SSSR count). The van der Waals surface area contributed by atoms with Crippen LogP contribution >= 0.6 is 0 Å². The van der Waals surface area contributed by atoms with Gasteiger partial charge in [0.25, 0.3) is 0 Å². The first-order chi connectivity index (χ1) is 13.0. The first kappa shape index (κ1) is 20.6. The molecular formula is C20H27N3O4. The minimum Gasteiger partial charge on any atom is -0.357 e. The molecule has 0 radical (unpaired) electrons. The van der Waals surface area contributed by atoms with Gasteiger partial charge in [-0.25, -0.2) is 4.79 Å². The molecule has 7 nitrogen and oxygen atoms in total. The molecule has 1 amide bonds. The number of aromatic nitrogens is 2. The second-order valence-electron chi connectivity index (χ2n) is 6.67. The Morgan fingerprint density at radius 1 is 1.11 bits per heavy atom. The average Bonchev–Trinajstić information content (AvgIpc) is 2.92. The molecule has 0 saturated carbocycles. The number of carbonyl (C=O) groups is 3. The van der Waals surface area contributed by atoms with Crippen LogP contribution < -0.4 is 11.0 Å². The molecule has 1 unspecified atom stereocenters. The highest BCUT2D eigenvalue weighted by molar-refractivity contribution is 5.84. The molecule has 2 aromatic rings. The molecule has 0 aliphatic heterocycles. The first-order valence-corrected chi connectivity index (χ1v) is 9.33. The van der Waals surface area contributed by atoms with Gasteiger partial charge in [-0.2, -0.15) is 0 Å². The van der Waals surface area contributed by atoms with Crippen LogP contribution in [0.25, 0.3) is 11.0 Å². The zero-order chi connectivity index (χ0) is 19.8.